The minimum absolute atomic E-state index is 0.103. The van der Waals surface area contributed by atoms with Crippen LogP contribution in [0.4, 0.5) is 0 Å². The number of hydrogen-bond donors (Lipinski definition) is 1. The minimum atomic E-state index is -0.103. The van der Waals surface area contributed by atoms with Crippen molar-refractivity contribution in [1.82, 2.24) is 4.98 Å². The fourth-order valence-corrected chi connectivity index (χ4v) is 1.97. The van der Waals surface area contributed by atoms with E-state index in [1.54, 1.807) is 13.2 Å². The van der Waals surface area contributed by atoms with Crippen molar-refractivity contribution < 1.29 is 9.84 Å². The lowest BCUT2D eigenvalue weighted by molar-refractivity contribution is 0.411. The molecule has 0 aliphatic heterocycles. The molecule has 0 fully saturated rings. The Bertz CT molecular complexity index is 673. The molecule has 0 bridgehead atoms. The number of benzene rings is 1. The highest BCUT2D eigenvalue weighted by atomic mass is 16.5. The summed E-state index contributed by atoms with van der Waals surface area (Å²) in [6.07, 6.45) is 1.30. The van der Waals surface area contributed by atoms with Crippen LogP contribution in [0.25, 0.3) is 11.3 Å². The molecule has 19 heavy (non-hydrogen) atoms. The first-order valence-corrected chi connectivity index (χ1v) is 5.81. The molecule has 0 amide bonds. The number of nitrogens with zero attached hydrogens (tertiary/aromatic N) is 2. The van der Waals surface area contributed by atoms with Crippen molar-refractivity contribution in [2.45, 2.75) is 13.8 Å². The molecule has 0 aliphatic rings. The third-order valence-electron chi connectivity index (χ3n) is 3.02. The van der Waals surface area contributed by atoms with Gasteiger partial charge in [0, 0.05) is 5.56 Å². The smallest absolute Gasteiger partial charge is 0.151 e. The second-order valence-electron chi connectivity index (χ2n) is 4.34. The van der Waals surface area contributed by atoms with Crippen LogP contribution in [0.2, 0.25) is 0 Å². The first kappa shape index (κ1) is 12.9. The van der Waals surface area contributed by atoms with Crippen molar-refractivity contribution >= 4 is 0 Å². The minimum Gasteiger partial charge on any atom is -0.505 e. The van der Waals surface area contributed by atoms with Crippen LogP contribution in [0.3, 0.4) is 0 Å². The molecule has 0 spiro atoms. The summed E-state index contributed by atoms with van der Waals surface area (Å²) in [4.78, 5) is 4.17. The van der Waals surface area contributed by atoms with E-state index in [0.717, 1.165) is 22.4 Å². The van der Waals surface area contributed by atoms with Gasteiger partial charge in [-0.25, -0.2) is 0 Å². The zero-order valence-corrected chi connectivity index (χ0v) is 11.1. The van der Waals surface area contributed by atoms with Gasteiger partial charge in [0.15, 0.2) is 5.75 Å². The number of aromatic hydroxyl groups is 1. The van der Waals surface area contributed by atoms with Gasteiger partial charge in [0.05, 0.1) is 24.6 Å². The van der Waals surface area contributed by atoms with Crippen molar-refractivity contribution in [3.8, 4) is 28.8 Å². The summed E-state index contributed by atoms with van der Waals surface area (Å²) in [5, 5.41) is 18.4. The normalized spacial score (nSPS) is 10.0. The highest BCUT2D eigenvalue weighted by molar-refractivity contribution is 5.68. The maximum Gasteiger partial charge on any atom is 0.151 e. The predicted molar refractivity (Wildman–Crippen MR) is 72.1 cm³/mol. The van der Waals surface area contributed by atoms with Crippen LogP contribution < -0.4 is 4.74 Å². The van der Waals surface area contributed by atoms with E-state index in [9.17, 15) is 5.11 Å². The van der Waals surface area contributed by atoms with E-state index < -0.39 is 0 Å². The lowest BCUT2D eigenvalue weighted by Gasteiger charge is -2.11. The van der Waals surface area contributed by atoms with E-state index in [0.29, 0.717) is 5.69 Å². The van der Waals surface area contributed by atoms with E-state index in [4.69, 9.17) is 10.00 Å². The van der Waals surface area contributed by atoms with Crippen LogP contribution >= 0.6 is 0 Å². The van der Waals surface area contributed by atoms with Gasteiger partial charge in [-0.3, -0.25) is 4.98 Å². The fourth-order valence-electron chi connectivity index (χ4n) is 1.97. The van der Waals surface area contributed by atoms with Crippen LogP contribution in [-0.4, -0.2) is 17.2 Å². The summed E-state index contributed by atoms with van der Waals surface area (Å²) in [5.74, 6) is 0.717. The molecule has 96 valence electrons. The third kappa shape index (κ3) is 2.36. The first-order valence-electron chi connectivity index (χ1n) is 5.81. The van der Waals surface area contributed by atoms with Crippen LogP contribution in [0.1, 0.15) is 16.7 Å². The van der Waals surface area contributed by atoms with Gasteiger partial charge < -0.3 is 9.84 Å². The molecule has 1 aromatic carbocycles. The molecular formula is C15H14N2O2. The first-order chi connectivity index (χ1) is 9.06. The lowest BCUT2D eigenvalue weighted by atomic mass is 10.0. The van der Waals surface area contributed by atoms with Gasteiger partial charge in [-0.2, -0.15) is 5.26 Å². The molecular weight excluding hydrogens is 240 g/mol. The molecule has 0 radical (unpaired) electrons. The maximum absolute atomic E-state index is 9.48. The second kappa shape index (κ2) is 4.99. The molecule has 2 aromatic rings. The van der Waals surface area contributed by atoms with Crippen molar-refractivity contribution in [3.05, 3.63) is 41.1 Å². The maximum atomic E-state index is 9.48. The van der Waals surface area contributed by atoms with Crippen LogP contribution in [-0.2, 0) is 0 Å². The molecule has 1 heterocycles. The number of rotatable bonds is 2. The lowest BCUT2D eigenvalue weighted by Crippen LogP contribution is -1.93. The van der Waals surface area contributed by atoms with Crippen molar-refractivity contribution in [2.75, 3.05) is 7.11 Å². The molecule has 1 aromatic heterocycles. The van der Waals surface area contributed by atoms with Gasteiger partial charge in [-0.15, -0.1) is 0 Å². The molecule has 0 aliphatic carbocycles. The monoisotopic (exact) mass is 254 g/mol. The molecule has 1 N–H and O–H groups in total. The Morgan fingerprint density at radius 2 is 1.95 bits per heavy atom. The van der Waals surface area contributed by atoms with Crippen LogP contribution in [0, 0.1) is 25.2 Å². The summed E-state index contributed by atoms with van der Waals surface area (Å²) in [7, 11) is 1.63. The van der Waals surface area contributed by atoms with Gasteiger partial charge in [-0.05, 0) is 43.2 Å². The number of pyridine rings is 1. The summed E-state index contributed by atoms with van der Waals surface area (Å²) in [6, 6.07) is 7.44. The summed E-state index contributed by atoms with van der Waals surface area (Å²) in [6.45, 7) is 3.91. The number of nitriles is 1. The van der Waals surface area contributed by atoms with E-state index >= 15 is 0 Å². The van der Waals surface area contributed by atoms with Crippen molar-refractivity contribution in [3.63, 3.8) is 0 Å². The van der Waals surface area contributed by atoms with E-state index in [1.165, 1.54) is 6.20 Å². The van der Waals surface area contributed by atoms with Gasteiger partial charge in [-0.1, -0.05) is 0 Å². The molecule has 4 heteroatoms. The largest absolute Gasteiger partial charge is 0.505 e. The molecule has 0 atom stereocenters. The van der Waals surface area contributed by atoms with Crippen LogP contribution in [0.5, 0.6) is 11.5 Å². The zero-order chi connectivity index (χ0) is 14.0. The molecule has 0 saturated heterocycles. The van der Waals surface area contributed by atoms with E-state index in [1.807, 2.05) is 32.0 Å². The topological polar surface area (TPSA) is 66.1 Å². The van der Waals surface area contributed by atoms with Crippen LogP contribution in [0.15, 0.2) is 24.4 Å². The fraction of sp³-hybridized carbons (Fsp3) is 0.200. The Kier molecular flexibility index (Phi) is 3.39. The average Bonchev–Trinajstić information content (AvgIpc) is 2.41. The SMILES string of the molecule is COc1cc(C)c(-c2cc(C#N)c(O)cn2)cc1C. The number of methoxy groups -OCH3 is 1. The number of aromatic nitrogens is 1. The zero-order valence-electron chi connectivity index (χ0n) is 11.1. The standard InChI is InChI=1S/C15H14N2O2/c1-9-5-15(19-3)10(2)4-12(9)13-6-11(7-16)14(18)8-17-13/h4-6,8,18H,1-3H3. The van der Waals surface area contributed by atoms with Crippen molar-refractivity contribution in [1.29, 1.82) is 5.26 Å². The summed E-state index contributed by atoms with van der Waals surface area (Å²) < 4.78 is 5.27. The van der Waals surface area contributed by atoms with Gasteiger partial charge in [0.2, 0.25) is 0 Å². The summed E-state index contributed by atoms with van der Waals surface area (Å²) in [5.41, 5.74) is 3.81. The number of ether oxygens (including phenoxy) is 1. The molecule has 0 saturated carbocycles. The Hall–Kier alpha value is -2.54. The Labute approximate surface area is 111 Å². The van der Waals surface area contributed by atoms with Gasteiger partial charge >= 0.3 is 0 Å². The Morgan fingerprint density at radius 3 is 2.58 bits per heavy atom. The second-order valence-corrected chi connectivity index (χ2v) is 4.34. The Morgan fingerprint density at radius 1 is 1.21 bits per heavy atom. The average molecular weight is 254 g/mol. The van der Waals surface area contributed by atoms with Gasteiger partial charge in [0.1, 0.15) is 11.8 Å². The van der Waals surface area contributed by atoms with Gasteiger partial charge in [0.25, 0.3) is 0 Å². The number of aryl methyl sites for hydroxylation is 2. The predicted octanol–water partition coefficient (Wildman–Crippen LogP) is 2.95. The van der Waals surface area contributed by atoms with Crippen molar-refractivity contribution in [2.24, 2.45) is 0 Å². The Balaban J connectivity index is 2.60. The highest BCUT2D eigenvalue weighted by Gasteiger charge is 2.10. The third-order valence-corrected chi connectivity index (χ3v) is 3.02. The highest BCUT2D eigenvalue weighted by Crippen LogP contribution is 2.30. The molecule has 2 rings (SSSR count). The number of hydrogen-bond acceptors (Lipinski definition) is 4. The van der Waals surface area contributed by atoms with E-state index in [2.05, 4.69) is 4.98 Å². The summed E-state index contributed by atoms with van der Waals surface area (Å²) >= 11 is 0. The molecule has 4 nitrogen and oxygen atoms in total. The van der Waals surface area contributed by atoms with E-state index in [-0.39, 0.29) is 11.3 Å². The molecule has 0 unspecified atom stereocenters. The quantitative estimate of drug-likeness (QED) is 0.894.